The number of halogens is 1. The van der Waals surface area contributed by atoms with Crippen molar-refractivity contribution in [3.05, 3.63) is 69.7 Å². The third-order valence-corrected chi connectivity index (χ3v) is 7.09. The number of thioether (sulfide) groups is 1. The van der Waals surface area contributed by atoms with Gasteiger partial charge in [0.1, 0.15) is 16.6 Å². The number of aromatic nitrogens is 3. The van der Waals surface area contributed by atoms with Crippen LogP contribution in [0.2, 0.25) is 0 Å². The maximum atomic E-state index is 13.1. The Kier molecular flexibility index (Phi) is 6.36. The van der Waals surface area contributed by atoms with Crippen molar-refractivity contribution in [1.29, 1.82) is 0 Å². The van der Waals surface area contributed by atoms with E-state index in [1.807, 2.05) is 5.38 Å². The molecular weight excluding hydrogens is 443 g/mol. The SMILES string of the molecule is COc1ccc(NC(=O)c2nnc(CSc3nc(-c4ccc(F)cc4)cs3)s2)cc1. The Labute approximate surface area is 184 Å². The summed E-state index contributed by atoms with van der Waals surface area (Å²) in [6, 6.07) is 13.3. The number of anilines is 1. The molecule has 0 radical (unpaired) electrons. The van der Waals surface area contributed by atoms with Crippen LogP contribution in [0.5, 0.6) is 5.75 Å². The highest BCUT2D eigenvalue weighted by atomic mass is 32.2. The van der Waals surface area contributed by atoms with Gasteiger partial charge in [0, 0.05) is 16.6 Å². The maximum Gasteiger partial charge on any atom is 0.286 e. The molecule has 2 heterocycles. The van der Waals surface area contributed by atoms with Crippen molar-refractivity contribution in [3.63, 3.8) is 0 Å². The van der Waals surface area contributed by atoms with Crippen molar-refractivity contribution in [1.82, 2.24) is 15.2 Å². The first kappa shape index (κ1) is 20.5. The summed E-state index contributed by atoms with van der Waals surface area (Å²) in [5.41, 5.74) is 2.33. The van der Waals surface area contributed by atoms with Gasteiger partial charge in [0.2, 0.25) is 5.01 Å². The Morgan fingerprint density at radius 1 is 1.13 bits per heavy atom. The molecule has 4 aromatic rings. The summed E-state index contributed by atoms with van der Waals surface area (Å²) in [4.78, 5) is 16.9. The maximum absolute atomic E-state index is 13.1. The molecule has 10 heteroatoms. The van der Waals surface area contributed by atoms with Crippen molar-refractivity contribution in [2.45, 2.75) is 10.1 Å². The second-order valence-electron chi connectivity index (χ2n) is 5.98. The lowest BCUT2D eigenvalue weighted by Crippen LogP contribution is -2.11. The van der Waals surface area contributed by atoms with Crippen LogP contribution in [0.3, 0.4) is 0 Å². The molecule has 0 aliphatic heterocycles. The Bertz CT molecular complexity index is 1140. The van der Waals surface area contributed by atoms with Gasteiger partial charge in [0.05, 0.1) is 18.6 Å². The standard InChI is InChI=1S/C20H15FN4O2S3/c1-27-15-8-6-14(7-9-15)22-18(26)19-25-24-17(30-19)11-29-20-23-16(10-28-20)12-2-4-13(21)5-3-12/h2-10H,11H2,1H3,(H,22,26). The highest BCUT2D eigenvalue weighted by molar-refractivity contribution is 8.00. The summed E-state index contributed by atoms with van der Waals surface area (Å²) in [5.74, 6) is 0.700. The van der Waals surface area contributed by atoms with E-state index in [4.69, 9.17) is 4.74 Å². The van der Waals surface area contributed by atoms with Gasteiger partial charge in [-0.2, -0.15) is 0 Å². The summed E-state index contributed by atoms with van der Waals surface area (Å²) in [5, 5.41) is 13.8. The van der Waals surface area contributed by atoms with Gasteiger partial charge in [-0.15, -0.1) is 21.5 Å². The van der Waals surface area contributed by atoms with Gasteiger partial charge in [-0.25, -0.2) is 9.37 Å². The zero-order valence-corrected chi connectivity index (χ0v) is 18.1. The van der Waals surface area contributed by atoms with E-state index in [1.54, 1.807) is 43.5 Å². The fraction of sp³-hybridized carbons (Fsp3) is 0.100. The molecule has 0 aliphatic rings. The van der Waals surface area contributed by atoms with E-state index in [0.29, 0.717) is 22.2 Å². The Balaban J connectivity index is 1.34. The minimum Gasteiger partial charge on any atom is -0.497 e. The fourth-order valence-corrected chi connectivity index (χ4v) is 5.02. The smallest absolute Gasteiger partial charge is 0.286 e. The molecule has 0 aliphatic carbocycles. The van der Waals surface area contributed by atoms with Gasteiger partial charge < -0.3 is 10.1 Å². The van der Waals surface area contributed by atoms with Crippen LogP contribution in [0.15, 0.2) is 58.3 Å². The fourth-order valence-electron chi connectivity index (χ4n) is 2.46. The molecule has 6 nitrogen and oxygen atoms in total. The lowest BCUT2D eigenvalue weighted by Gasteiger charge is -2.03. The van der Waals surface area contributed by atoms with Crippen LogP contribution in [0.25, 0.3) is 11.3 Å². The van der Waals surface area contributed by atoms with Crippen molar-refractivity contribution in [2.24, 2.45) is 0 Å². The normalized spacial score (nSPS) is 10.7. The number of benzene rings is 2. The molecule has 0 saturated carbocycles. The van der Waals surface area contributed by atoms with Crippen LogP contribution in [0.1, 0.15) is 14.8 Å². The van der Waals surface area contributed by atoms with E-state index < -0.39 is 0 Å². The zero-order chi connectivity index (χ0) is 20.9. The van der Waals surface area contributed by atoms with E-state index in [-0.39, 0.29) is 11.7 Å². The molecular formula is C20H15FN4O2S3. The Morgan fingerprint density at radius 2 is 1.90 bits per heavy atom. The van der Waals surface area contributed by atoms with Gasteiger partial charge in [0.15, 0.2) is 4.34 Å². The molecule has 0 saturated heterocycles. The monoisotopic (exact) mass is 458 g/mol. The zero-order valence-electron chi connectivity index (χ0n) is 15.7. The Hall–Kier alpha value is -2.82. The number of amides is 1. The average Bonchev–Trinajstić information content (AvgIpc) is 3.43. The lowest BCUT2D eigenvalue weighted by molar-refractivity contribution is 0.102. The number of ether oxygens (including phenoxy) is 1. The average molecular weight is 459 g/mol. The van der Waals surface area contributed by atoms with Crippen molar-refractivity contribution in [3.8, 4) is 17.0 Å². The minimum absolute atomic E-state index is 0.272. The number of rotatable bonds is 7. The predicted molar refractivity (Wildman–Crippen MR) is 118 cm³/mol. The van der Waals surface area contributed by atoms with E-state index in [2.05, 4.69) is 20.5 Å². The summed E-state index contributed by atoms with van der Waals surface area (Å²) in [6.45, 7) is 0. The molecule has 0 unspecified atom stereocenters. The van der Waals surface area contributed by atoms with Gasteiger partial charge in [-0.1, -0.05) is 23.1 Å². The molecule has 1 amide bonds. The molecule has 2 aromatic carbocycles. The quantitative estimate of drug-likeness (QED) is 0.376. The van der Waals surface area contributed by atoms with Crippen LogP contribution in [-0.2, 0) is 5.75 Å². The van der Waals surface area contributed by atoms with Crippen molar-refractivity contribution < 1.29 is 13.9 Å². The largest absolute Gasteiger partial charge is 0.497 e. The van der Waals surface area contributed by atoms with Crippen LogP contribution < -0.4 is 10.1 Å². The molecule has 0 spiro atoms. The second kappa shape index (κ2) is 9.33. The van der Waals surface area contributed by atoms with Crippen LogP contribution >= 0.6 is 34.4 Å². The molecule has 30 heavy (non-hydrogen) atoms. The molecule has 1 N–H and O–H groups in total. The summed E-state index contributed by atoms with van der Waals surface area (Å²) >= 11 is 4.28. The summed E-state index contributed by atoms with van der Waals surface area (Å²) < 4.78 is 19.0. The molecule has 0 atom stereocenters. The third-order valence-electron chi connectivity index (χ3n) is 3.95. The van der Waals surface area contributed by atoms with E-state index in [1.165, 1.54) is 46.6 Å². The number of nitrogens with zero attached hydrogens (tertiary/aromatic N) is 3. The summed E-state index contributed by atoms with van der Waals surface area (Å²) in [7, 11) is 1.59. The topological polar surface area (TPSA) is 77.0 Å². The summed E-state index contributed by atoms with van der Waals surface area (Å²) in [6.07, 6.45) is 0. The molecule has 0 bridgehead atoms. The highest BCUT2D eigenvalue weighted by Gasteiger charge is 2.14. The first-order valence-corrected chi connectivity index (χ1v) is 11.4. The van der Waals surface area contributed by atoms with E-state index >= 15 is 0 Å². The van der Waals surface area contributed by atoms with Gasteiger partial charge in [-0.3, -0.25) is 4.79 Å². The second-order valence-corrected chi connectivity index (χ2v) is 9.12. The number of methoxy groups -OCH3 is 1. The molecule has 0 fully saturated rings. The Morgan fingerprint density at radius 3 is 2.63 bits per heavy atom. The lowest BCUT2D eigenvalue weighted by atomic mass is 10.2. The van der Waals surface area contributed by atoms with Crippen LogP contribution in [-0.4, -0.2) is 28.2 Å². The van der Waals surface area contributed by atoms with Gasteiger partial charge in [0.25, 0.3) is 5.91 Å². The van der Waals surface area contributed by atoms with E-state index in [9.17, 15) is 9.18 Å². The first-order valence-electron chi connectivity index (χ1n) is 8.73. The number of carbonyl (C=O) groups is 1. The van der Waals surface area contributed by atoms with Crippen LogP contribution in [0, 0.1) is 5.82 Å². The number of nitrogens with one attached hydrogen (secondary N) is 1. The van der Waals surface area contributed by atoms with E-state index in [0.717, 1.165) is 20.6 Å². The number of hydrogen-bond acceptors (Lipinski definition) is 8. The highest BCUT2D eigenvalue weighted by Crippen LogP contribution is 2.31. The molecule has 2 aromatic heterocycles. The molecule has 4 rings (SSSR count). The minimum atomic E-state index is -0.304. The van der Waals surface area contributed by atoms with Crippen molar-refractivity contribution >= 4 is 46.0 Å². The molecule has 152 valence electrons. The number of thiazole rings is 1. The third kappa shape index (κ3) is 5.02. The van der Waals surface area contributed by atoms with Crippen molar-refractivity contribution in [2.75, 3.05) is 12.4 Å². The predicted octanol–water partition coefficient (Wildman–Crippen LogP) is 5.35. The van der Waals surface area contributed by atoms with Gasteiger partial charge >= 0.3 is 0 Å². The number of carbonyl (C=O) groups excluding carboxylic acids is 1. The van der Waals surface area contributed by atoms with Crippen LogP contribution in [0.4, 0.5) is 10.1 Å². The number of hydrogen-bond donors (Lipinski definition) is 1. The first-order chi connectivity index (χ1) is 14.6. The van der Waals surface area contributed by atoms with Gasteiger partial charge in [-0.05, 0) is 48.5 Å².